The van der Waals surface area contributed by atoms with Crippen LogP contribution in [0.3, 0.4) is 0 Å². The first kappa shape index (κ1) is 20.5. The van der Waals surface area contributed by atoms with Crippen LogP contribution in [0.4, 0.5) is 8.78 Å². The van der Waals surface area contributed by atoms with E-state index in [1.807, 2.05) is 13.8 Å². The van der Waals surface area contributed by atoms with Crippen molar-refractivity contribution in [3.63, 3.8) is 0 Å². The second-order valence-corrected chi connectivity index (χ2v) is 5.99. The number of guanidine groups is 1. The van der Waals surface area contributed by atoms with Gasteiger partial charge >= 0.3 is 6.61 Å². The number of hydrogen-bond donors (Lipinski definition) is 3. The Morgan fingerprint density at radius 1 is 1.19 bits per heavy atom. The number of hydrogen-bond acceptors (Lipinski definition) is 5. The van der Waals surface area contributed by atoms with Gasteiger partial charge in [-0.2, -0.15) is 8.78 Å². The molecule has 0 bridgehead atoms. The minimum absolute atomic E-state index is 0.00130. The van der Waals surface area contributed by atoms with Crippen molar-refractivity contribution in [3.05, 3.63) is 17.7 Å². The van der Waals surface area contributed by atoms with Crippen molar-refractivity contribution in [2.24, 2.45) is 10.9 Å². The summed E-state index contributed by atoms with van der Waals surface area (Å²) in [6.07, 6.45) is 0. The number of nitrogens with one attached hydrogen (secondary N) is 3. The average Bonchev–Trinajstić information content (AvgIpc) is 3.07. The Morgan fingerprint density at radius 2 is 1.85 bits per heavy atom. The molecule has 27 heavy (non-hydrogen) atoms. The third kappa shape index (κ3) is 6.15. The van der Waals surface area contributed by atoms with Gasteiger partial charge in [0.1, 0.15) is 5.75 Å². The van der Waals surface area contributed by atoms with Crippen LogP contribution in [-0.4, -0.2) is 45.4 Å². The van der Waals surface area contributed by atoms with Crippen molar-refractivity contribution in [2.45, 2.75) is 27.0 Å². The topological polar surface area (TPSA) is 93.2 Å². The van der Waals surface area contributed by atoms with E-state index in [1.54, 1.807) is 13.1 Å². The summed E-state index contributed by atoms with van der Waals surface area (Å²) < 4.78 is 40.3. The van der Waals surface area contributed by atoms with E-state index < -0.39 is 6.61 Å². The summed E-state index contributed by atoms with van der Waals surface area (Å²) in [7, 11) is 1.58. The molecule has 0 saturated heterocycles. The van der Waals surface area contributed by atoms with Crippen molar-refractivity contribution in [2.75, 3.05) is 26.9 Å². The Bertz CT molecular complexity index is 683. The number of fused-ring (bicyclic) bond motifs is 1. The van der Waals surface area contributed by atoms with Crippen LogP contribution in [0.5, 0.6) is 17.2 Å². The van der Waals surface area contributed by atoms with Crippen molar-refractivity contribution < 1.29 is 27.8 Å². The summed E-state index contributed by atoms with van der Waals surface area (Å²) in [5.41, 5.74) is 0.468. The molecule has 1 aromatic rings. The van der Waals surface area contributed by atoms with E-state index in [9.17, 15) is 13.6 Å². The van der Waals surface area contributed by atoms with Gasteiger partial charge in [-0.3, -0.25) is 9.79 Å². The predicted octanol–water partition coefficient (Wildman–Crippen LogP) is 1.45. The molecule has 150 valence electrons. The third-order valence-corrected chi connectivity index (χ3v) is 3.68. The maximum absolute atomic E-state index is 12.7. The van der Waals surface area contributed by atoms with Gasteiger partial charge in [-0.25, -0.2) is 0 Å². The van der Waals surface area contributed by atoms with E-state index in [1.165, 1.54) is 6.07 Å². The van der Waals surface area contributed by atoms with Crippen LogP contribution in [0.1, 0.15) is 19.4 Å². The lowest BCUT2D eigenvalue weighted by Crippen LogP contribution is -2.41. The molecular formula is C17H24F2N4O4. The van der Waals surface area contributed by atoms with Crippen molar-refractivity contribution in [1.29, 1.82) is 0 Å². The molecule has 0 fully saturated rings. The van der Waals surface area contributed by atoms with Gasteiger partial charge < -0.3 is 30.2 Å². The molecule has 0 aliphatic carbocycles. The van der Waals surface area contributed by atoms with E-state index >= 15 is 0 Å². The molecule has 1 heterocycles. The van der Waals surface area contributed by atoms with Gasteiger partial charge in [-0.1, -0.05) is 13.8 Å². The zero-order chi connectivity index (χ0) is 19.8. The van der Waals surface area contributed by atoms with Crippen molar-refractivity contribution in [3.8, 4) is 17.2 Å². The van der Waals surface area contributed by atoms with Gasteiger partial charge in [-0.15, -0.1) is 0 Å². The zero-order valence-electron chi connectivity index (χ0n) is 15.5. The summed E-state index contributed by atoms with van der Waals surface area (Å²) in [6, 6.07) is 2.96. The van der Waals surface area contributed by atoms with Gasteiger partial charge in [0.05, 0.1) is 0 Å². The van der Waals surface area contributed by atoms with E-state index in [0.29, 0.717) is 36.1 Å². The number of rotatable bonds is 8. The highest BCUT2D eigenvalue weighted by molar-refractivity contribution is 5.80. The number of amides is 1. The fourth-order valence-electron chi connectivity index (χ4n) is 2.28. The van der Waals surface area contributed by atoms with Gasteiger partial charge in [-0.05, 0) is 6.07 Å². The Labute approximate surface area is 156 Å². The third-order valence-electron chi connectivity index (χ3n) is 3.68. The Kier molecular flexibility index (Phi) is 7.44. The fourth-order valence-corrected chi connectivity index (χ4v) is 2.28. The molecule has 1 aliphatic rings. The second-order valence-electron chi connectivity index (χ2n) is 5.99. The van der Waals surface area contributed by atoms with Crippen LogP contribution in [0, 0.1) is 5.92 Å². The summed E-state index contributed by atoms with van der Waals surface area (Å²) in [5, 5.41) is 8.81. The number of halogens is 2. The first-order valence-electron chi connectivity index (χ1n) is 8.50. The van der Waals surface area contributed by atoms with Crippen LogP contribution < -0.4 is 30.2 Å². The van der Waals surface area contributed by atoms with Gasteiger partial charge in [0, 0.05) is 44.2 Å². The Morgan fingerprint density at radius 3 is 2.48 bits per heavy atom. The first-order valence-corrected chi connectivity index (χ1v) is 8.50. The van der Waals surface area contributed by atoms with Gasteiger partial charge in [0.25, 0.3) is 0 Å². The summed E-state index contributed by atoms with van der Waals surface area (Å²) in [5.74, 6) is 1.16. The Balaban J connectivity index is 1.91. The summed E-state index contributed by atoms with van der Waals surface area (Å²) in [6.45, 7) is 1.77. The molecule has 1 aliphatic heterocycles. The van der Waals surface area contributed by atoms with Crippen LogP contribution in [0.2, 0.25) is 0 Å². The van der Waals surface area contributed by atoms with Crippen LogP contribution in [-0.2, 0) is 11.3 Å². The monoisotopic (exact) mass is 386 g/mol. The normalized spacial score (nSPS) is 13.1. The zero-order valence-corrected chi connectivity index (χ0v) is 15.5. The van der Waals surface area contributed by atoms with Crippen molar-refractivity contribution in [1.82, 2.24) is 16.0 Å². The minimum Gasteiger partial charge on any atom is -0.454 e. The largest absolute Gasteiger partial charge is 0.454 e. The number of alkyl halides is 2. The molecular weight excluding hydrogens is 362 g/mol. The maximum Gasteiger partial charge on any atom is 0.387 e. The standard InChI is InChI=1S/C17H24F2N4O4/c1-10(2)15(24)21-4-5-22-17(20-3)23-8-11-6-13-14(26-9-25-13)7-12(11)27-16(18)19/h6-7,10,16H,4-5,8-9H2,1-3H3,(H,21,24)(H2,20,22,23). The molecule has 0 atom stereocenters. The number of carbonyl (C=O) groups is 1. The lowest BCUT2D eigenvalue weighted by molar-refractivity contribution is -0.123. The smallest absolute Gasteiger partial charge is 0.387 e. The average molecular weight is 386 g/mol. The molecule has 0 aromatic heterocycles. The minimum atomic E-state index is -2.95. The lowest BCUT2D eigenvalue weighted by Gasteiger charge is -2.15. The first-order chi connectivity index (χ1) is 12.9. The number of ether oxygens (including phenoxy) is 3. The molecule has 10 heteroatoms. The number of nitrogens with zero attached hydrogens (tertiary/aromatic N) is 1. The molecule has 0 radical (unpaired) electrons. The van der Waals surface area contributed by atoms with Crippen LogP contribution in [0.25, 0.3) is 0 Å². The van der Waals surface area contributed by atoms with E-state index in [4.69, 9.17) is 9.47 Å². The molecule has 2 rings (SSSR count). The molecule has 0 unspecified atom stereocenters. The highest BCUT2D eigenvalue weighted by Gasteiger charge is 2.20. The molecule has 0 saturated carbocycles. The van der Waals surface area contributed by atoms with Crippen molar-refractivity contribution >= 4 is 11.9 Å². The molecule has 1 aromatic carbocycles. The highest BCUT2D eigenvalue weighted by Crippen LogP contribution is 2.38. The molecule has 3 N–H and O–H groups in total. The number of carbonyl (C=O) groups excluding carboxylic acids is 1. The molecule has 1 amide bonds. The number of aliphatic imine (C=N–C) groups is 1. The fraction of sp³-hybridized carbons (Fsp3) is 0.529. The van der Waals surface area contributed by atoms with Gasteiger partial charge in [0.15, 0.2) is 17.5 Å². The van der Waals surface area contributed by atoms with E-state index in [2.05, 4.69) is 25.7 Å². The predicted molar refractivity (Wildman–Crippen MR) is 95.2 cm³/mol. The molecule has 0 spiro atoms. The Hall–Kier alpha value is -2.78. The second kappa shape index (κ2) is 9.79. The summed E-state index contributed by atoms with van der Waals surface area (Å²) in [4.78, 5) is 15.6. The maximum atomic E-state index is 12.7. The van der Waals surface area contributed by atoms with Crippen LogP contribution >= 0.6 is 0 Å². The van der Waals surface area contributed by atoms with Crippen LogP contribution in [0.15, 0.2) is 17.1 Å². The molecule has 8 nitrogen and oxygen atoms in total. The lowest BCUT2D eigenvalue weighted by atomic mass is 10.1. The highest BCUT2D eigenvalue weighted by atomic mass is 19.3. The summed E-state index contributed by atoms with van der Waals surface area (Å²) >= 11 is 0. The van der Waals surface area contributed by atoms with E-state index in [-0.39, 0.29) is 30.9 Å². The number of benzene rings is 1. The van der Waals surface area contributed by atoms with Gasteiger partial charge in [0.2, 0.25) is 12.7 Å². The van der Waals surface area contributed by atoms with E-state index in [0.717, 1.165) is 0 Å². The quantitative estimate of drug-likeness (QED) is 0.356. The SMILES string of the molecule is CN=C(NCCNC(=O)C(C)C)NCc1cc2c(cc1OC(F)F)OCO2.